The number of rotatable bonds is 9. The van der Waals surface area contributed by atoms with Crippen LogP contribution in [0.5, 0.6) is 5.75 Å². The molecule has 4 rings (SSSR count). The van der Waals surface area contributed by atoms with E-state index in [0.717, 1.165) is 40.9 Å². The third-order valence-corrected chi connectivity index (χ3v) is 6.06. The fourth-order valence-electron chi connectivity index (χ4n) is 4.38. The minimum absolute atomic E-state index is 0.479. The van der Waals surface area contributed by atoms with E-state index >= 15 is 0 Å². The summed E-state index contributed by atoms with van der Waals surface area (Å²) in [4.78, 5) is 0. The zero-order chi connectivity index (χ0) is 24.5. The first kappa shape index (κ1) is 24.0. The third kappa shape index (κ3) is 5.87. The van der Waals surface area contributed by atoms with Crippen molar-refractivity contribution in [3.8, 4) is 11.8 Å². The average molecular weight is 459 g/mol. The summed E-state index contributed by atoms with van der Waals surface area (Å²) < 4.78 is 5.69. The summed E-state index contributed by atoms with van der Waals surface area (Å²) in [6.45, 7) is 3.14. The molecule has 0 saturated heterocycles. The van der Waals surface area contributed by atoms with Crippen molar-refractivity contribution < 1.29 is 4.74 Å². The van der Waals surface area contributed by atoms with Gasteiger partial charge in [0.2, 0.25) is 0 Å². The number of allylic oxidation sites excluding steroid dienone is 1. The first-order valence-electron chi connectivity index (χ1n) is 12.0. The maximum atomic E-state index is 10.0. The Kier molecular flexibility index (Phi) is 8.12. The summed E-state index contributed by atoms with van der Waals surface area (Å²) in [5, 5.41) is 10.0. The van der Waals surface area contributed by atoms with Crippen LogP contribution in [0.25, 0.3) is 11.1 Å². The molecule has 35 heavy (non-hydrogen) atoms. The van der Waals surface area contributed by atoms with Crippen LogP contribution in [0.1, 0.15) is 46.7 Å². The highest BCUT2D eigenvalue weighted by molar-refractivity contribution is 5.98. The largest absolute Gasteiger partial charge is 0.492 e. The summed E-state index contributed by atoms with van der Waals surface area (Å²) in [6.07, 6.45) is 1.59. The molecule has 0 aliphatic rings. The molecule has 0 aliphatic carbocycles. The predicted molar refractivity (Wildman–Crippen MR) is 144 cm³/mol. The van der Waals surface area contributed by atoms with Crippen molar-refractivity contribution in [1.29, 1.82) is 5.26 Å². The lowest BCUT2D eigenvalue weighted by Gasteiger charge is -2.18. The molecule has 0 spiro atoms. The molecule has 3 heteroatoms. The fraction of sp³-hybridized carbons (Fsp3) is 0.156. The lowest BCUT2D eigenvalue weighted by molar-refractivity contribution is 0.328. The van der Waals surface area contributed by atoms with E-state index in [1.165, 1.54) is 16.7 Å². The summed E-state index contributed by atoms with van der Waals surface area (Å²) in [5.41, 5.74) is 14.2. The first-order valence-corrected chi connectivity index (χ1v) is 12.0. The summed E-state index contributed by atoms with van der Waals surface area (Å²) in [5.74, 6) is 0.798. The lowest BCUT2D eigenvalue weighted by Crippen LogP contribution is -2.10. The standard InChI is InChI=1S/C32H30N2O/c1-2-31(25-11-7-4-8-12-25)32(26-15-17-30(18-16-26)35-20-19-33)28-14-13-27(29(22-28)23-34)21-24-9-5-3-6-10-24/h3-18,22H,2,19-21,33H2,1H3/b32-31+. The van der Waals surface area contributed by atoms with Gasteiger partial charge in [-0.15, -0.1) is 0 Å². The second-order valence-corrected chi connectivity index (χ2v) is 8.38. The smallest absolute Gasteiger partial charge is 0.119 e. The minimum atomic E-state index is 0.479. The van der Waals surface area contributed by atoms with Gasteiger partial charge >= 0.3 is 0 Å². The van der Waals surface area contributed by atoms with Gasteiger partial charge in [0, 0.05) is 6.54 Å². The number of hydrogen-bond acceptors (Lipinski definition) is 3. The van der Waals surface area contributed by atoms with Gasteiger partial charge in [-0.25, -0.2) is 0 Å². The molecule has 0 aliphatic heterocycles. The highest BCUT2D eigenvalue weighted by Gasteiger charge is 2.15. The average Bonchev–Trinajstić information content (AvgIpc) is 2.92. The minimum Gasteiger partial charge on any atom is -0.492 e. The van der Waals surface area contributed by atoms with Crippen LogP contribution in [0, 0.1) is 11.3 Å². The molecule has 0 saturated carbocycles. The van der Waals surface area contributed by atoms with Crippen LogP contribution in [0.2, 0.25) is 0 Å². The third-order valence-electron chi connectivity index (χ3n) is 6.06. The van der Waals surface area contributed by atoms with E-state index in [1.54, 1.807) is 0 Å². The van der Waals surface area contributed by atoms with Gasteiger partial charge in [0.15, 0.2) is 0 Å². The van der Waals surface area contributed by atoms with Gasteiger partial charge in [0.05, 0.1) is 11.6 Å². The highest BCUT2D eigenvalue weighted by atomic mass is 16.5. The van der Waals surface area contributed by atoms with Crippen molar-refractivity contribution in [2.24, 2.45) is 5.73 Å². The maximum absolute atomic E-state index is 10.0. The van der Waals surface area contributed by atoms with Gasteiger partial charge in [-0.2, -0.15) is 5.26 Å². The molecule has 4 aromatic rings. The molecule has 0 atom stereocenters. The molecule has 0 unspecified atom stereocenters. The normalized spacial score (nSPS) is 11.5. The van der Waals surface area contributed by atoms with Crippen LogP contribution in [0.4, 0.5) is 0 Å². The number of nitrogens with two attached hydrogens (primary N) is 1. The van der Waals surface area contributed by atoms with Crippen molar-refractivity contribution in [3.63, 3.8) is 0 Å². The van der Waals surface area contributed by atoms with Crippen molar-refractivity contribution in [2.75, 3.05) is 13.2 Å². The molecular weight excluding hydrogens is 428 g/mol. The molecule has 2 N–H and O–H groups in total. The SMILES string of the molecule is CC/C(=C(/c1ccc(OCCN)cc1)c1ccc(Cc2ccccc2)c(C#N)c1)c1ccccc1. The van der Waals surface area contributed by atoms with Crippen LogP contribution in [-0.2, 0) is 6.42 Å². The first-order chi connectivity index (χ1) is 17.2. The van der Waals surface area contributed by atoms with Crippen molar-refractivity contribution in [3.05, 3.63) is 137 Å². The molecule has 0 fully saturated rings. The van der Waals surface area contributed by atoms with E-state index in [0.29, 0.717) is 18.7 Å². The number of nitrogens with zero attached hydrogens (tertiary/aromatic N) is 1. The van der Waals surface area contributed by atoms with Gasteiger partial charge in [0.25, 0.3) is 0 Å². The van der Waals surface area contributed by atoms with Gasteiger partial charge in [0.1, 0.15) is 12.4 Å². The highest BCUT2D eigenvalue weighted by Crippen LogP contribution is 2.36. The molecule has 0 radical (unpaired) electrons. The van der Waals surface area contributed by atoms with E-state index in [9.17, 15) is 5.26 Å². The zero-order valence-electron chi connectivity index (χ0n) is 20.1. The Bertz CT molecular complexity index is 1320. The Balaban J connectivity index is 1.82. The molecule has 4 aromatic carbocycles. The number of hydrogen-bond donors (Lipinski definition) is 1. The quantitative estimate of drug-likeness (QED) is 0.279. The van der Waals surface area contributed by atoms with E-state index in [4.69, 9.17) is 10.5 Å². The Morgan fingerprint density at radius 1 is 0.800 bits per heavy atom. The molecule has 174 valence electrons. The van der Waals surface area contributed by atoms with E-state index < -0.39 is 0 Å². The van der Waals surface area contributed by atoms with Crippen LogP contribution in [0.3, 0.4) is 0 Å². The van der Waals surface area contributed by atoms with Gasteiger partial charge in [-0.05, 0) is 70.0 Å². The predicted octanol–water partition coefficient (Wildman–Crippen LogP) is 6.86. The van der Waals surface area contributed by atoms with Gasteiger partial charge in [-0.3, -0.25) is 0 Å². The van der Waals surface area contributed by atoms with Crippen LogP contribution in [0.15, 0.2) is 103 Å². The number of nitriles is 1. The second kappa shape index (κ2) is 11.8. The molecule has 0 amide bonds. The van der Waals surface area contributed by atoms with Gasteiger partial charge in [-0.1, -0.05) is 91.9 Å². The molecule has 3 nitrogen and oxygen atoms in total. The Labute approximate surface area is 208 Å². The van der Waals surface area contributed by atoms with Crippen molar-refractivity contribution in [1.82, 2.24) is 0 Å². The summed E-state index contributed by atoms with van der Waals surface area (Å²) >= 11 is 0. The molecule has 0 aromatic heterocycles. The van der Waals surface area contributed by atoms with Crippen LogP contribution < -0.4 is 10.5 Å². The summed E-state index contributed by atoms with van der Waals surface area (Å²) in [7, 11) is 0. The molecule has 0 bridgehead atoms. The van der Waals surface area contributed by atoms with E-state index in [1.807, 2.05) is 42.5 Å². The fourth-order valence-corrected chi connectivity index (χ4v) is 4.38. The van der Waals surface area contributed by atoms with Crippen LogP contribution >= 0.6 is 0 Å². The molecular formula is C32H30N2O. The maximum Gasteiger partial charge on any atom is 0.119 e. The van der Waals surface area contributed by atoms with Crippen LogP contribution in [-0.4, -0.2) is 13.2 Å². The monoisotopic (exact) mass is 458 g/mol. The van der Waals surface area contributed by atoms with Crippen molar-refractivity contribution in [2.45, 2.75) is 19.8 Å². The van der Waals surface area contributed by atoms with E-state index in [2.05, 4.69) is 73.7 Å². The Morgan fingerprint density at radius 2 is 1.46 bits per heavy atom. The summed E-state index contributed by atoms with van der Waals surface area (Å²) in [6, 6.07) is 37.6. The Hall–Kier alpha value is -4.13. The topological polar surface area (TPSA) is 59.0 Å². The zero-order valence-corrected chi connectivity index (χ0v) is 20.1. The second-order valence-electron chi connectivity index (χ2n) is 8.38. The van der Waals surface area contributed by atoms with Gasteiger partial charge < -0.3 is 10.5 Å². The van der Waals surface area contributed by atoms with E-state index in [-0.39, 0.29) is 0 Å². The lowest BCUT2D eigenvalue weighted by atomic mass is 9.86. The number of ether oxygens (including phenoxy) is 1. The Morgan fingerprint density at radius 3 is 2.09 bits per heavy atom. The molecule has 0 heterocycles. The number of benzene rings is 4. The van der Waals surface area contributed by atoms with Crippen molar-refractivity contribution >= 4 is 11.1 Å².